The zero-order valence-corrected chi connectivity index (χ0v) is 11.2. The van der Waals surface area contributed by atoms with Gasteiger partial charge in [-0.2, -0.15) is 5.26 Å². The van der Waals surface area contributed by atoms with Crippen LogP contribution in [0.1, 0.15) is 11.1 Å². The fourth-order valence-electron chi connectivity index (χ4n) is 2.25. The normalized spacial score (nSPS) is 12.6. The maximum Gasteiger partial charge on any atom is 0.166 e. The molecule has 0 spiro atoms. The smallest absolute Gasteiger partial charge is 0.166 e. The first-order valence-corrected chi connectivity index (χ1v) is 6.59. The minimum atomic E-state index is -0.530. The minimum absolute atomic E-state index is 0.0134. The largest absolute Gasteiger partial charge is 0.486 e. The van der Waals surface area contributed by atoms with Gasteiger partial charge in [0.05, 0.1) is 5.69 Å². The molecule has 1 aliphatic heterocycles. The molecule has 0 aromatic heterocycles. The van der Waals surface area contributed by atoms with E-state index in [-0.39, 0.29) is 5.56 Å². The van der Waals surface area contributed by atoms with Crippen molar-refractivity contribution in [2.75, 3.05) is 18.5 Å². The van der Waals surface area contributed by atoms with Crippen molar-refractivity contribution in [3.05, 3.63) is 53.3 Å². The molecular weight excluding hydrogens is 271 g/mol. The van der Waals surface area contributed by atoms with Crippen LogP contribution in [0.2, 0.25) is 0 Å². The molecule has 0 saturated heterocycles. The highest BCUT2D eigenvalue weighted by Gasteiger charge is 2.16. The van der Waals surface area contributed by atoms with Gasteiger partial charge in [-0.1, -0.05) is 18.2 Å². The zero-order valence-electron chi connectivity index (χ0n) is 11.2. The van der Waals surface area contributed by atoms with Crippen LogP contribution in [0.25, 0.3) is 0 Å². The average Bonchev–Trinajstić information content (AvgIpc) is 2.53. The molecule has 1 heterocycles. The highest BCUT2D eigenvalue weighted by molar-refractivity contribution is 5.59. The monoisotopic (exact) mass is 284 g/mol. The Morgan fingerprint density at radius 2 is 1.95 bits per heavy atom. The van der Waals surface area contributed by atoms with Crippen molar-refractivity contribution in [3.8, 4) is 17.6 Å². The number of rotatable bonds is 3. The summed E-state index contributed by atoms with van der Waals surface area (Å²) in [6.45, 7) is 1.46. The van der Waals surface area contributed by atoms with Gasteiger partial charge in [-0.15, -0.1) is 0 Å². The van der Waals surface area contributed by atoms with Crippen LogP contribution in [0, 0.1) is 17.1 Å². The third-order valence-electron chi connectivity index (χ3n) is 3.24. The van der Waals surface area contributed by atoms with Gasteiger partial charge in [0.1, 0.15) is 30.7 Å². The maximum absolute atomic E-state index is 13.5. The van der Waals surface area contributed by atoms with Crippen LogP contribution in [0.15, 0.2) is 36.4 Å². The van der Waals surface area contributed by atoms with E-state index >= 15 is 0 Å². The Morgan fingerprint density at radius 3 is 2.81 bits per heavy atom. The number of anilines is 1. The predicted molar refractivity (Wildman–Crippen MR) is 75.9 cm³/mol. The van der Waals surface area contributed by atoms with E-state index in [0.29, 0.717) is 36.9 Å². The lowest BCUT2D eigenvalue weighted by molar-refractivity contribution is 0.170. The van der Waals surface area contributed by atoms with Crippen LogP contribution in [0.3, 0.4) is 0 Å². The molecule has 2 aromatic rings. The molecule has 0 saturated carbocycles. The molecule has 1 N–H and O–H groups in total. The van der Waals surface area contributed by atoms with Crippen molar-refractivity contribution in [1.82, 2.24) is 0 Å². The summed E-state index contributed by atoms with van der Waals surface area (Å²) in [5.74, 6) is 0.878. The van der Waals surface area contributed by atoms with E-state index in [2.05, 4.69) is 5.32 Å². The number of nitrogens with one attached hydrogen (secondary N) is 1. The standard InChI is InChI=1S/C16H13FN2O2/c17-13-4-2-5-14(12(13)9-18)19-10-11-3-1-6-15-16(11)21-8-7-20-15/h1-6,19H,7-8,10H2. The lowest BCUT2D eigenvalue weighted by Gasteiger charge is -2.21. The Labute approximate surface area is 121 Å². The van der Waals surface area contributed by atoms with E-state index in [1.807, 2.05) is 24.3 Å². The second-order valence-corrected chi connectivity index (χ2v) is 4.57. The molecule has 21 heavy (non-hydrogen) atoms. The summed E-state index contributed by atoms with van der Waals surface area (Å²) in [6, 6.07) is 12.0. The third-order valence-corrected chi connectivity index (χ3v) is 3.24. The number of fused-ring (bicyclic) bond motifs is 1. The van der Waals surface area contributed by atoms with Gasteiger partial charge in [-0.05, 0) is 18.2 Å². The van der Waals surface area contributed by atoms with Gasteiger partial charge in [-0.3, -0.25) is 0 Å². The Kier molecular flexibility index (Phi) is 3.61. The van der Waals surface area contributed by atoms with Gasteiger partial charge in [0.25, 0.3) is 0 Å². The molecule has 0 fully saturated rings. The van der Waals surface area contributed by atoms with Crippen molar-refractivity contribution in [3.63, 3.8) is 0 Å². The number of halogens is 1. The fourth-order valence-corrected chi connectivity index (χ4v) is 2.25. The lowest BCUT2D eigenvalue weighted by Crippen LogP contribution is -2.17. The number of nitrogens with zero attached hydrogens (tertiary/aromatic N) is 1. The number of hydrogen-bond acceptors (Lipinski definition) is 4. The average molecular weight is 284 g/mol. The van der Waals surface area contributed by atoms with E-state index in [9.17, 15) is 4.39 Å². The number of ether oxygens (including phenoxy) is 2. The molecule has 0 bridgehead atoms. The van der Waals surface area contributed by atoms with Gasteiger partial charge in [0.2, 0.25) is 0 Å². The van der Waals surface area contributed by atoms with Crippen molar-refractivity contribution < 1.29 is 13.9 Å². The van der Waals surface area contributed by atoms with Gasteiger partial charge < -0.3 is 14.8 Å². The van der Waals surface area contributed by atoms with Crippen LogP contribution in [-0.4, -0.2) is 13.2 Å². The van der Waals surface area contributed by atoms with E-state index in [1.165, 1.54) is 6.07 Å². The van der Waals surface area contributed by atoms with Crippen molar-refractivity contribution in [2.24, 2.45) is 0 Å². The van der Waals surface area contributed by atoms with Gasteiger partial charge in [0.15, 0.2) is 11.5 Å². The van der Waals surface area contributed by atoms with E-state index < -0.39 is 5.82 Å². The van der Waals surface area contributed by atoms with Gasteiger partial charge in [-0.25, -0.2) is 4.39 Å². The van der Waals surface area contributed by atoms with Crippen LogP contribution < -0.4 is 14.8 Å². The fraction of sp³-hybridized carbons (Fsp3) is 0.188. The Hall–Kier alpha value is -2.74. The molecule has 0 radical (unpaired) electrons. The summed E-state index contributed by atoms with van der Waals surface area (Å²) in [5.41, 5.74) is 1.38. The first-order chi connectivity index (χ1) is 10.3. The second kappa shape index (κ2) is 5.71. The highest BCUT2D eigenvalue weighted by Crippen LogP contribution is 2.34. The predicted octanol–water partition coefficient (Wildman–Crippen LogP) is 3.08. The molecule has 4 nitrogen and oxygen atoms in total. The quantitative estimate of drug-likeness (QED) is 0.941. The van der Waals surface area contributed by atoms with Gasteiger partial charge >= 0.3 is 0 Å². The Morgan fingerprint density at radius 1 is 1.14 bits per heavy atom. The van der Waals surface area contributed by atoms with Crippen LogP contribution in [0.4, 0.5) is 10.1 Å². The summed E-state index contributed by atoms with van der Waals surface area (Å²) in [4.78, 5) is 0. The van der Waals surface area contributed by atoms with Crippen molar-refractivity contribution >= 4 is 5.69 Å². The van der Waals surface area contributed by atoms with Crippen molar-refractivity contribution in [2.45, 2.75) is 6.54 Å². The zero-order chi connectivity index (χ0) is 14.7. The van der Waals surface area contributed by atoms with Crippen LogP contribution in [0.5, 0.6) is 11.5 Å². The second-order valence-electron chi connectivity index (χ2n) is 4.57. The molecule has 106 valence electrons. The van der Waals surface area contributed by atoms with Crippen LogP contribution >= 0.6 is 0 Å². The maximum atomic E-state index is 13.5. The van der Waals surface area contributed by atoms with E-state index in [0.717, 1.165) is 5.56 Å². The summed E-state index contributed by atoms with van der Waals surface area (Å²) in [7, 11) is 0. The molecule has 1 aliphatic rings. The van der Waals surface area contributed by atoms with E-state index in [1.54, 1.807) is 12.1 Å². The summed E-state index contributed by atoms with van der Waals surface area (Å²) < 4.78 is 24.7. The number of hydrogen-bond donors (Lipinski definition) is 1. The lowest BCUT2D eigenvalue weighted by atomic mass is 10.1. The molecule has 0 atom stereocenters. The topological polar surface area (TPSA) is 54.3 Å². The SMILES string of the molecule is N#Cc1c(F)cccc1NCc1cccc2c1OCCO2. The summed E-state index contributed by atoms with van der Waals surface area (Å²) in [6.07, 6.45) is 0. The molecule has 0 aliphatic carbocycles. The number of para-hydroxylation sites is 1. The van der Waals surface area contributed by atoms with Crippen molar-refractivity contribution in [1.29, 1.82) is 5.26 Å². The Balaban J connectivity index is 1.83. The highest BCUT2D eigenvalue weighted by atomic mass is 19.1. The van der Waals surface area contributed by atoms with E-state index in [4.69, 9.17) is 14.7 Å². The molecule has 0 unspecified atom stereocenters. The molecule has 0 amide bonds. The first kappa shape index (κ1) is 13.3. The molecule has 5 heteroatoms. The minimum Gasteiger partial charge on any atom is -0.486 e. The number of nitriles is 1. The van der Waals surface area contributed by atoms with Crippen LogP contribution in [-0.2, 0) is 6.54 Å². The third kappa shape index (κ3) is 2.61. The summed E-state index contributed by atoms with van der Waals surface area (Å²) in [5, 5.41) is 12.1. The molecule has 3 rings (SSSR count). The van der Waals surface area contributed by atoms with Gasteiger partial charge in [0, 0.05) is 12.1 Å². The number of benzene rings is 2. The molecular formula is C16H13FN2O2. The summed E-state index contributed by atoms with van der Waals surface area (Å²) >= 11 is 0. The molecule has 2 aromatic carbocycles. The Bertz CT molecular complexity index is 710. The first-order valence-electron chi connectivity index (χ1n) is 6.59.